The molecule has 0 aliphatic carbocycles. The molecule has 6 nitrogen and oxygen atoms in total. The SMILES string of the molecule is CCCCCCCCSc1ccc2c(c1)-c1nc-2nc2[nH]c(nc3[nH]c(n1)c1ccc(SCCCCCCCC)cc31)c1ccc(SCCCCCCCC)cc21. The summed E-state index contributed by atoms with van der Waals surface area (Å²) in [6.07, 6.45) is 23.6. The van der Waals surface area contributed by atoms with Gasteiger partial charge in [0.1, 0.15) is 22.6 Å². The van der Waals surface area contributed by atoms with E-state index >= 15 is 0 Å². The third-order valence-corrected chi connectivity index (χ3v) is 14.4. The Kier molecular flexibility index (Phi) is 15.9. The van der Waals surface area contributed by atoms with Gasteiger partial charge < -0.3 is 9.97 Å². The van der Waals surface area contributed by atoms with E-state index in [1.165, 1.54) is 130 Å². The normalized spacial score (nSPS) is 12.1. The average Bonchev–Trinajstić information content (AvgIpc) is 3.87. The van der Waals surface area contributed by atoms with Crippen molar-refractivity contribution in [3.05, 3.63) is 54.6 Å². The molecule has 6 aromatic rings. The van der Waals surface area contributed by atoms with E-state index in [2.05, 4.69) is 85.3 Å². The van der Waals surface area contributed by atoms with Crippen LogP contribution >= 0.6 is 35.3 Å². The van der Waals surface area contributed by atoms with Crippen LogP contribution in [0.5, 0.6) is 0 Å². The lowest BCUT2D eigenvalue weighted by Crippen LogP contribution is -1.86. The third-order valence-electron chi connectivity index (χ3n) is 11.1. The monoisotopic (exact) mass is 818 g/mol. The first-order chi connectivity index (χ1) is 28.1. The van der Waals surface area contributed by atoms with Crippen molar-refractivity contribution >= 4 is 79.4 Å². The number of hydrogen-bond donors (Lipinski definition) is 2. The van der Waals surface area contributed by atoms with Gasteiger partial charge in [-0.3, -0.25) is 0 Å². The molecule has 2 N–H and O–H groups in total. The van der Waals surface area contributed by atoms with E-state index in [4.69, 9.17) is 19.9 Å². The molecule has 0 unspecified atom stereocenters. The number of hydrogen-bond acceptors (Lipinski definition) is 7. The van der Waals surface area contributed by atoms with Crippen LogP contribution in [-0.4, -0.2) is 47.2 Å². The Morgan fingerprint density at radius 1 is 0.368 bits per heavy atom. The standard InChI is InChI=1S/C48H62N6S3/c1-4-7-10-13-16-19-28-55-34-22-25-37-40(31-34)46-49-43(37)53-47-42-33-36(57-30-21-18-15-12-9-6-3)24-27-39(42)45(51-47)54-48-41-32-35(23-26-38(41)44(50-48)52-46)56-29-20-17-14-11-8-5-2/h22-27,31-33H,4-21,28-30H2,1-3H3,(H2,49,50,51,52,53,54). The molecule has 57 heavy (non-hydrogen) atoms. The minimum Gasteiger partial charge on any atom is -0.324 e. The number of H-pyrrole nitrogens is 2. The van der Waals surface area contributed by atoms with Gasteiger partial charge in [-0.15, -0.1) is 35.3 Å². The van der Waals surface area contributed by atoms with Crippen molar-refractivity contribution in [3.8, 4) is 22.8 Å². The second kappa shape index (κ2) is 21.7. The van der Waals surface area contributed by atoms with E-state index in [-0.39, 0.29) is 0 Å². The summed E-state index contributed by atoms with van der Waals surface area (Å²) in [4.78, 5) is 32.1. The van der Waals surface area contributed by atoms with Gasteiger partial charge in [0.05, 0.1) is 0 Å². The zero-order valence-electron chi connectivity index (χ0n) is 34.6. The van der Waals surface area contributed by atoms with Gasteiger partial charge in [0.15, 0.2) is 11.6 Å². The Morgan fingerprint density at radius 2 is 0.754 bits per heavy atom. The topological polar surface area (TPSA) is 83.1 Å². The second-order valence-corrected chi connectivity index (χ2v) is 19.2. The lowest BCUT2D eigenvalue weighted by atomic mass is 10.1. The van der Waals surface area contributed by atoms with Crippen LogP contribution in [0.15, 0.2) is 69.3 Å². The molecule has 4 heterocycles. The summed E-state index contributed by atoms with van der Waals surface area (Å²) in [7, 11) is 0. The number of aromatic nitrogens is 6. The highest BCUT2D eigenvalue weighted by atomic mass is 32.2. The Balaban J connectivity index is 1.25. The second-order valence-electron chi connectivity index (χ2n) is 15.7. The molecule has 6 bridgehead atoms. The number of benzene rings is 3. The van der Waals surface area contributed by atoms with Gasteiger partial charge in [-0.05, 0) is 91.1 Å². The highest BCUT2D eigenvalue weighted by Crippen LogP contribution is 2.39. The van der Waals surface area contributed by atoms with E-state index in [1.807, 2.05) is 35.3 Å². The molecule has 0 spiro atoms. The van der Waals surface area contributed by atoms with Crippen molar-refractivity contribution in [3.63, 3.8) is 0 Å². The van der Waals surface area contributed by atoms with Crippen LogP contribution in [0.3, 0.4) is 0 Å². The van der Waals surface area contributed by atoms with Gasteiger partial charge >= 0.3 is 0 Å². The Labute approximate surface area is 353 Å². The number of rotatable bonds is 24. The smallest absolute Gasteiger partial charge is 0.164 e. The van der Waals surface area contributed by atoms with Crippen molar-refractivity contribution in [1.82, 2.24) is 29.9 Å². The van der Waals surface area contributed by atoms with Gasteiger partial charge in [0.2, 0.25) is 0 Å². The molecule has 0 amide bonds. The molecule has 3 aromatic carbocycles. The maximum absolute atomic E-state index is 5.31. The van der Waals surface area contributed by atoms with Crippen molar-refractivity contribution in [1.29, 1.82) is 0 Å². The fourth-order valence-electron chi connectivity index (χ4n) is 7.80. The number of unbranched alkanes of at least 4 members (excludes halogenated alkanes) is 15. The van der Waals surface area contributed by atoms with Crippen molar-refractivity contribution in [2.24, 2.45) is 0 Å². The summed E-state index contributed by atoms with van der Waals surface area (Å²) in [5.74, 6) is 4.77. The highest BCUT2D eigenvalue weighted by molar-refractivity contribution is 7.99. The van der Waals surface area contributed by atoms with Gasteiger partial charge in [-0.1, -0.05) is 117 Å². The first-order valence-corrected chi connectivity index (χ1v) is 25.1. The van der Waals surface area contributed by atoms with Gasteiger partial charge in [0.25, 0.3) is 0 Å². The maximum Gasteiger partial charge on any atom is 0.164 e. The summed E-state index contributed by atoms with van der Waals surface area (Å²) >= 11 is 5.83. The third kappa shape index (κ3) is 11.1. The Hall–Kier alpha value is -3.27. The molecule has 1 aliphatic heterocycles. The molecule has 3 aromatic heterocycles. The summed E-state index contributed by atoms with van der Waals surface area (Å²) in [5.41, 5.74) is 5.27. The lowest BCUT2D eigenvalue weighted by molar-refractivity contribution is 0.627. The van der Waals surface area contributed by atoms with Crippen LogP contribution in [0.1, 0.15) is 136 Å². The largest absolute Gasteiger partial charge is 0.324 e. The molecule has 0 atom stereocenters. The zero-order valence-corrected chi connectivity index (χ0v) is 37.0. The van der Waals surface area contributed by atoms with Crippen LogP contribution in [-0.2, 0) is 0 Å². The fourth-order valence-corrected chi connectivity index (χ4v) is 10.7. The van der Waals surface area contributed by atoms with Crippen LogP contribution in [0.4, 0.5) is 0 Å². The van der Waals surface area contributed by atoms with Gasteiger partial charge in [0, 0.05) is 47.4 Å². The minimum atomic E-state index is 0.695. The summed E-state index contributed by atoms with van der Waals surface area (Å²) in [6, 6.07) is 20.3. The zero-order chi connectivity index (χ0) is 39.2. The number of nitrogens with one attached hydrogen (secondary N) is 2. The van der Waals surface area contributed by atoms with E-state index in [9.17, 15) is 0 Å². The molecule has 302 valence electrons. The summed E-state index contributed by atoms with van der Waals surface area (Å²) in [5, 5.41) is 4.29. The molecular weight excluding hydrogens is 757 g/mol. The molecule has 0 saturated heterocycles. The van der Waals surface area contributed by atoms with E-state index in [1.54, 1.807) is 0 Å². The lowest BCUT2D eigenvalue weighted by Gasteiger charge is -2.05. The molecule has 7 rings (SSSR count). The van der Waals surface area contributed by atoms with Crippen LogP contribution in [0, 0.1) is 0 Å². The Morgan fingerprint density at radius 3 is 1.26 bits per heavy atom. The number of aromatic amines is 2. The number of fused-ring (bicyclic) bond motifs is 15. The summed E-state index contributed by atoms with van der Waals surface area (Å²) in [6.45, 7) is 6.84. The van der Waals surface area contributed by atoms with Gasteiger partial charge in [-0.25, -0.2) is 19.9 Å². The quantitative estimate of drug-likeness (QED) is 0.0464. The number of thioether (sulfide) groups is 3. The van der Waals surface area contributed by atoms with E-state index < -0.39 is 0 Å². The molecule has 0 saturated carbocycles. The summed E-state index contributed by atoms with van der Waals surface area (Å²) < 4.78 is 0. The number of nitrogens with zero attached hydrogens (tertiary/aromatic N) is 4. The van der Waals surface area contributed by atoms with Crippen molar-refractivity contribution in [2.45, 2.75) is 151 Å². The van der Waals surface area contributed by atoms with Crippen LogP contribution < -0.4 is 0 Å². The molecule has 9 heteroatoms. The molecule has 0 radical (unpaired) electrons. The first-order valence-electron chi connectivity index (χ1n) is 22.1. The fraction of sp³-hybridized carbons (Fsp3) is 0.500. The first kappa shape index (κ1) is 41.9. The van der Waals surface area contributed by atoms with Gasteiger partial charge in [-0.2, -0.15) is 0 Å². The minimum absolute atomic E-state index is 0.695. The molecular formula is C48H62N6S3. The van der Waals surface area contributed by atoms with Crippen molar-refractivity contribution in [2.75, 3.05) is 17.3 Å². The molecule has 0 fully saturated rings. The Bertz CT molecular complexity index is 2290. The highest BCUT2D eigenvalue weighted by Gasteiger charge is 2.21. The maximum atomic E-state index is 5.31. The predicted octanol–water partition coefficient (Wildman–Crippen LogP) is 15.7. The molecule has 1 aliphatic rings. The van der Waals surface area contributed by atoms with Crippen molar-refractivity contribution < 1.29 is 0 Å². The van der Waals surface area contributed by atoms with Crippen LogP contribution in [0.25, 0.3) is 66.9 Å². The predicted molar refractivity (Wildman–Crippen MR) is 251 cm³/mol. The van der Waals surface area contributed by atoms with E-state index in [0.717, 1.165) is 72.5 Å². The van der Waals surface area contributed by atoms with Crippen LogP contribution in [0.2, 0.25) is 0 Å². The van der Waals surface area contributed by atoms with E-state index in [0.29, 0.717) is 11.6 Å². The average molecular weight is 819 g/mol.